The van der Waals surface area contributed by atoms with Gasteiger partial charge in [-0.1, -0.05) is 24.2 Å². The molecule has 0 atom stereocenters. The van der Waals surface area contributed by atoms with Crippen LogP contribution in [0.4, 0.5) is 5.13 Å². The summed E-state index contributed by atoms with van der Waals surface area (Å²) in [5, 5.41) is 3.34. The predicted molar refractivity (Wildman–Crippen MR) is 94.5 cm³/mol. The molecular weight excluding hydrogens is 338 g/mol. The number of aromatic nitrogens is 1. The average molecular weight is 359 g/mol. The second-order valence-corrected chi connectivity index (χ2v) is 7.82. The maximum Gasteiger partial charge on any atom is 0.293 e. The van der Waals surface area contributed by atoms with E-state index in [1.165, 1.54) is 43.3 Å². The smallest absolute Gasteiger partial charge is 0.293 e. The number of carbonyl (C=O) groups excluding carboxylic acids is 2. The molecule has 25 heavy (non-hydrogen) atoms. The van der Waals surface area contributed by atoms with E-state index in [1.54, 1.807) is 12.1 Å². The fraction of sp³-hybridized carbons (Fsp3) is 0.500. The molecule has 1 N–H and O–H groups in total. The van der Waals surface area contributed by atoms with Crippen LogP contribution in [0.3, 0.4) is 0 Å². The van der Waals surface area contributed by atoms with Gasteiger partial charge in [-0.25, -0.2) is 4.98 Å². The molecule has 1 saturated carbocycles. The van der Waals surface area contributed by atoms with Crippen molar-refractivity contribution in [3.63, 3.8) is 0 Å². The summed E-state index contributed by atoms with van der Waals surface area (Å²) >= 11 is 1.45. The molecule has 0 radical (unpaired) electrons. The molecule has 1 aliphatic carbocycles. The first-order valence-corrected chi connectivity index (χ1v) is 9.62. The lowest BCUT2D eigenvalue weighted by atomic mass is 10.0. The number of fused-ring (bicyclic) bond motifs is 1. The summed E-state index contributed by atoms with van der Waals surface area (Å²) in [6.07, 6.45) is 7.79. The number of amides is 2. The van der Waals surface area contributed by atoms with E-state index in [0.717, 1.165) is 17.0 Å². The number of anilines is 1. The third-order valence-corrected chi connectivity index (χ3v) is 5.99. The molecule has 0 saturated heterocycles. The van der Waals surface area contributed by atoms with Crippen molar-refractivity contribution in [2.75, 3.05) is 11.9 Å². The Hall–Kier alpha value is -2.15. The highest BCUT2D eigenvalue weighted by molar-refractivity contribution is 7.15. The Balaban J connectivity index is 1.38. The number of carbonyl (C=O) groups is 2. The normalized spacial score (nSPS) is 17.5. The summed E-state index contributed by atoms with van der Waals surface area (Å²) in [7, 11) is 0. The van der Waals surface area contributed by atoms with E-state index < -0.39 is 0 Å². The maximum atomic E-state index is 12.5. The van der Waals surface area contributed by atoms with Gasteiger partial charge in [-0.15, -0.1) is 0 Å². The molecule has 2 amide bonds. The molecule has 2 aromatic heterocycles. The monoisotopic (exact) mass is 359 g/mol. The van der Waals surface area contributed by atoms with Crippen molar-refractivity contribution in [1.29, 1.82) is 0 Å². The van der Waals surface area contributed by atoms with Crippen molar-refractivity contribution in [3.05, 3.63) is 34.7 Å². The molecule has 7 heteroatoms. The standard InChI is InChI=1S/C18H21N3O3S/c22-16(10-12-4-1-2-5-12)21-8-7-13-15(11-21)25-18(19-13)20-17(23)14-6-3-9-24-14/h3,6,9,12H,1-2,4-5,7-8,10-11H2,(H,19,20,23). The van der Waals surface area contributed by atoms with E-state index in [4.69, 9.17) is 4.42 Å². The van der Waals surface area contributed by atoms with Gasteiger partial charge in [0.05, 0.1) is 18.5 Å². The number of rotatable bonds is 4. The van der Waals surface area contributed by atoms with E-state index in [1.807, 2.05) is 4.90 Å². The summed E-state index contributed by atoms with van der Waals surface area (Å²) in [5.41, 5.74) is 0.990. The summed E-state index contributed by atoms with van der Waals surface area (Å²) < 4.78 is 5.09. The molecule has 6 nitrogen and oxygen atoms in total. The summed E-state index contributed by atoms with van der Waals surface area (Å²) in [6, 6.07) is 3.29. The Labute approximate surface area is 150 Å². The van der Waals surface area contributed by atoms with Gasteiger partial charge in [-0.3, -0.25) is 14.9 Å². The number of nitrogens with one attached hydrogen (secondary N) is 1. The molecule has 1 aliphatic heterocycles. The molecule has 1 fully saturated rings. The second kappa shape index (κ2) is 7.00. The van der Waals surface area contributed by atoms with Gasteiger partial charge < -0.3 is 9.32 Å². The largest absolute Gasteiger partial charge is 0.459 e. The van der Waals surface area contributed by atoms with Crippen LogP contribution in [0.15, 0.2) is 22.8 Å². The first-order valence-electron chi connectivity index (χ1n) is 8.80. The van der Waals surface area contributed by atoms with Crippen LogP contribution >= 0.6 is 11.3 Å². The Morgan fingerprint density at radius 3 is 2.96 bits per heavy atom. The molecule has 3 heterocycles. The summed E-state index contributed by atoms with van der Waals surface area (Å²) in [5.74, 6) is 0.789. The van der Waals surface area contributed by atoms with E-state index >= 15 is 0 Å². The molecule has 0 spiro atoms. The zero-order chi connectivity index (χ0) is 17.2. The molecule has 2 aromatic rings. The number of hydrogen-bond donors (Lipinski definition) is 1. The van der Waals surface area contributed by atoms with Crippen molar-refractivity contribution in [2.24, 2.45) is 5.92 Å². The van der Waals surface area contributed by atoms with Gasteiger partial charge in [0.1, 0.15) is 0 Å². The second-order valence-electron chi connectivity index (χ2n) is 6.74. The minimum Gasteiger partial charge on any atom is -0.459 e. The third kappa shape index (κ3) is 3.61. The minimum absolute atomic E-state index is 0.257. The Morgan fingerprint density at radius 2 is 2.20 bits per heavy atom. The Morgan fingerprint density at radius 1 is 1.36 bits per heavy atom. The van der Waals surface area contributed by atoms with Gasteiger partial charge >= 0.3 is 0 Å². The highest BCUT2D eigenvalue weighted by Crippen LogP contribution is 2.31. The van der Waals surface area contributed by atoms with E-state index in [9.17, 15) is 9.59 Å². The van der Waals surface area contributed by atoms with Crippen LogP contribution < -0.4 is 5.32 Å². The lowest BCUT2D eigenvalue weighted by Crippen LogP contribution is -2.36. The van der Waals surface area contributed by atoms with Gasteiger partial charge in [0.2, 0.25) is 5.91 Å². The molecule has 4 rings (SSSR count). The number of furan rings is 1. The molecule has 0 bridgehead atoms. The van der Waals surface area contributed by atoms with Crippen LogP contribution in [0, 0.1) is 5.92 Å². The molecule has 0 unspecified atom stereocenters. The number of nitrogens with zero attached hydrogens (tertiary/aromatic N) is 2. The summed E-state index contributed by atoms with van der Waals surface area (Å²) in [4.78, 5) is 32.1. The van der Waals surface area contributed by atoms with Crippen LogP contribution in [-0.2, 0) is 17.8 Å². The van der Waals surface area contributed by atoms with Crippen LogP contribution in [0.5, 0.6) is 0 Å². The highest BCUT2D eigenvalue weighted by atomic mass is 32.1. The molecule has 132 valence electrons. The lowest BCUT2D eigenvalue weighted by Gasteiger charge is -2.27. The minimum atomic E-state index is -0.301. The third-order valence-electron chi connectivity index (χ3n) is 4.99. The molecule has 2 aliphatic rings. The van der Waals surface area contributed by atoms with Crippen LogP contribution in [-0.4, -0.2) is 28.2 Å². The average Bonchev–Trinajstić information content (AvgIpc) is 3.35. The Bertz CT molecular complexity index is 763. The molecule has 0 aromatic carbocycles. The van der Waals surface area contributed by atoms with Crippen LogP contribution in [0.2, 0.25) is 0 Å². The molecular formula is C18H21N3O3S. The highest BCUT2D eigenvalue weighted by Gasteiger charge is 2.27. The SMILES string of the molecule is O=C(Nc1nc2c(s1)CN(C(=O)CC1CCCC1)CC2)c1ccco1. The fourth-order valence-electron chi connectivity index (χ4n) is 3.62. The zero-order valence-corrected chi connectivity index (χ0v) is 14.8. The van der Waals surface area contributed by atoms with Crippen LogP contribution in [0.25, 0.3) is 0 Å². The Kier molecular flexibility index (Phi) is 4.57. The number of hydrogen-bond acceptors (Lipinski definition) is 5. The first kappa shape index (κ1) is 16.3. The zero-order valence-electron chi connectivity index (χ0n) is 14.0. The topological polar surface area (TPSA) is 75.4 Å². The van der Waals surface area contributed by atoms with Crippen molar-refractivity contribution in [1.82, 2.24) is 9.88 Å². The van der Waals surface area contributed by atoms with E-state index in [-0.39, 0.29) is 17.6 Å². The van der Waals surface area contributed by atoms with Crippen molar-refractivity contribution < 1.29 is 14.0 Å². The number of thiazole rings is 1. The fourth-order valence-corrected chi connectivity index (χ4v) is 4.64. The summed E-state index contributed by atoms with van der Waals surface area (Å²) in [6.45, 7) is 1.32. The van der Waals surface area contributed by atoms with E-state index in [2.05, 4.69) is 10.3 Å². The van der Waals surface area contributed by atoms with Gasteiger partial charge in [0.25, 0.3) is 5.91 Å². The van der Waals surface area contributed by atoms with E-state index in [0.29, 0.717) is 30.6 Å². The predicted octanol–water partition coefficient (Wildman–Crippen LogP) is 3.45. The quantitative estimate of drug-likeness (QED) is 0.907. The van der Waals surface area contributed by atoms with Crippen LogP contribution in [0.1, 0.15) is 53.2 Å². The van der Waals surface area contributed by atoms with Gasteiger partial charge in [0.15, 0.2) is 10.9 Å². The van der Waals surface area contributed by atoms with Crippen molar-refractivity contribution in [2.45, 2.75) is 45.1 Å². The van der Waals surface area contributed by atoms with Gasteiger partial charge in [0, 0.05) is 24.3 Å². The first-order chi connectivity index (χ1) is 12.2. The lowest BCUT2D eigenvalue weighted by molar-refractivity contribution is -0.133. The van der Waals surface area contributed by atoms with Crippen molar-refractivity contribution >= 4 is 28.3 Å². The van der Waals surface area contributed by atoms with Gasteiger partial charge in [-0.05, 0) is 30.9 Å². The van der Waals surface area contributed by atoms with Gasteiger partial charge in [-0.2, -0.15) is 0 Å². The van der Waals surface area contributed by atoms with Crippen molar-refractivity contribution in [3.8, 4) is 0 Å². The maximum absolute atomic E-state index is 12.5.